The van der Waals surface area contributed by atoms with Gasteiger partial charge in [-0.15, -0.1) is 0 Å². The van der Waals surface area contributed by atoms with E-state index >= 15 is 0 Å². The Morgan fingerprint density at radius 2 is 1.71 bits per heavy atom. The molecule has 0 amide bonds. The van der Waals surface area contributed by atoms with Crippen LogP contribution in [-0.2, 0) is 0 Å². The molecule has 2 aromatic rings. The van der Waals surface area contributed by atoms with Crippen LogP contribution >= 0.6 is 23.2 Å². The Kier molecular flexibility index (Phi) is 2.61. The fourth-order valence-electron chi connectivity index (χ4n) is 1.02. The summed E-state index contributed by atoms with van der Waals surface area (Å²) < 4.78 is 0. The highest BCUT2D eigenvalue weighted by Gasteiger charge is 2.02. The molecule has 0 spiro atoms. The molecule has 2 heterocycles. The molecule has 0 aliphatic carbocycles. The molecule has 0 aliphatic rings. The molecule has 0 atom stereocenters. The topological polar surface area (TPSA) is 38.7 Å². The zero-order valence-corrected chi connectivity index (χ0v) is 8.50. The lowest BCUT2D eigenvalue weighted by Gasteiger charge is -1.99. The Hall–Kier alpha value is -1.19. The van der Waals surface area contributed by atoms with Crippen molar-refractivity contribution in [2.45, 2.75) is 0 Å². The number of hydrogen-bond acceptors (Lipinski definition) is 3. The van der Waals surface area contributed by atoms with Crippen molar-refractivity contribution in [1.82, 2.24) is 15.0 Å². The Morgan fingerprint density at radius 3 is 2.43 bits per heavy atom. The maximum absolute atomic E-state index is 5.82. The van der Waals surface area contributed by atoms with Crippen molar-refractivity contribution in [1.29, 1.82) is 0 Å². The average Bonchev–Trinajstić information content (AvgIpc) is 2.18. The average molecular weight is 226 g/mol. The standard InChI is InChI=1S/C9H5Cl2N3/c10-6-1-3-12-8(5-6)7-2-4-13-9(11)14-7/h1-5H. The highest BCUT2D eigenvalue weighted by molar-refractivity contribution is 6.30. The smallest absolute Gasteiger partial charge is 0.222 e. The zero-order valence-electron chi connectivity index (χ0n) is 6.98. The predicted molar refractivity (Wildman–Crippen MR) is 55.3 cm³/mol. The number of hydrogen-bond donors (Lipinski definition) is 0. The molecule has 14 heavy (non-hydrogen) atoms. The molecule has 70 valence electrons. The van der Waals surface area contributed by atoms with Crippen LogP contribution in [0.3, 0.4) is 0 Å². The molecule has 0 fully saturated rings. The summed E-state index contributed by atoms with van der Waals surface area (Å²) >= 11 is 11.5. The molecule has 5 heteroatoms. The molecular formula is C9H5Cl2N3. The van der Waals surface area contributed by atoms with E-state index in [1.807, 2.05) is 0 Å². The van der Waals surface area contributed by atoms with Crippen molar-refractivity contribution in [2.75, 3.05) is 0 Å². The summed E-state index contributed by atoms with van der Waals surface area (Å²) in [5, 5.41) is 0.814. The maximum atomic E-state index is 5.82. The first-order valence-corrected chi connectivity index (χ1v) is 4.62. The van der Waals surface area contributed by atoms with Gasteiger partial charge in [-0.05, 0) is 29.8 Å². The molecule has 0 saturated heterocycles. The summed E-state index contributed by atoms with van der Waals surface area (Å²) in [6, 6.07) is 5.15. The normalized spacial score (nSPS) is 10.1. The van der Waals surface area contributed by atoms with Crippen molar-refractivity contribution in [3.8, 4) is 11.4 Å². The van der Waals surface area contributed by atoms with Crippen LogP contribution in [0, 0.1) is 0 Å². The van der Waals surface area contributed by atoms with Gasteiger partial charge in [0.05, 0.1) is 11.4 Å². The van der Waals surface area contributed by atoms with Gasteiger partial charge < -0.3 is 0 Å². The Balaban J connectivity index is 2.49. The predicted octanol–water partition coefficient (Wildman–Crippen LogP) is 2.85. The third-order valence-corrected chi connectivity index (χ3v) is 2.03. The quantitative estimate of drug-likeness (QED) is 0.701. The number of pyridine rings is 1. The molecular weight excluding hydrogens is 221 g/mol. The summed E-state index contributed by atoms with van der Waals surface area (Å²) in [4.78, 5) is 11.9. The van der Waals surface area contributed by atoms with E-state index in [9.17, 15) is 0 Å². The lowest BCUT2D eigenvalue weighted by molar-refractivity contribution is 1.15. The van der Waals surface area contributed by atoms with Gasteiger partial charge in [0.1, 0.15) is 0 Å². The molecule has 0 saturated carbocycles. The van der Waals surface area contributed by atoms with Crippen LogP contribution in [-0.4, -0.2) is 15.0 Å². The van der Waals surface area contributed by atoms with E-state index in [1.165, 1.54) is 0 Å². The van der Waals surface area contributed by atoms with E-state index in [0.717, 1.165) is 0 Å². The first kappa shape index (κ1) is 9.37. The van der Waals surface area contributed by atoms with Crippen LogP contribution in [0.1, 0.15) is 0 Å². The minimum Gasteiger partial charge on any atom is -0.255 e. The van der Waals surface area contributed by atoms with Gasteiger partial charge >= 0.3 is 0 Å². The minimum atomic E-state index is 0.198. The Labute approximate surface area is 90.8 Å². The lowest BCUT2D eigenvalue weighted by atomic mass is 10.3. The third-order valence-electron chi connectivity index (χ3n) is 1.61. The van der Waals surface area contributed by atoms with Gasteiger partial charge in [0.2, 0.25) is 5.28 Å². The molecule has 2 rings (SSSR count). The molecule has 0 bridgehead atoms. The summed E-state index contributed by atoms with van der Waals surface area (Å²) in [6.45, 7) is 0. The second-order valence-corrected chi connectivity index (χ2v) is 3.34. The molecule has 3 nitrogen and oxygen atoms in total. The van der Waals surface area contributed by atoms with E-state index in [2.05, 4.69) is 15.0 Å². The second-order valence-electron chi connectivity index (χ2n) is 2.57. The van der Waals surface area contributed by atoms with Gasteiger partial charge in [0.15, 0.2) is 0 Å². The van der Waals surface area contributed by atoms with E-state index in [1.54, 1.807) is 30.6 Å². The number of rotatable bonds is 1. The van der Waals surface area contributed by atoms with Crippen molar-refractivity contribution in [3.05, 3.63) is 40.9 Å². The van der Waals surface area contributed by atoms with Crippen LogP contribution in [0.4, 0.5) is 0 Å². The SMILES string of the molecule is Clc1ccnc(-c2ccnc(Cl)n2)c1. The van der Waals surface area contributed by atoms with Crippen molar-refractivity contribution in [3.63, 3.8) is 0 Å². The largest absolute Gasteiger partial charge is 0.255 e. The number of nitrogens with zero attached hydrogens (tertiary/aromatic N) is 3. The molecule has 2 aromatic heterocycles. The lowest BCUT2D eigenvalue weighted by Crippen LogP contribution is -1.88. The Bertz CT molecular complexity index is 416. The molecule has 0 N–H and O–H groups in total. The van der Waals surface area contributed by atoms with E-state index in [4.69, 9.17) is 23.2 Å². The first-order valence-electron chi connectivity index (χ1n) is 3.86. The van der Waals surface area contributed by atoms with Crippen LogP contribution in [0.5, 0.6) is 0 Å². The number of halogens is 2. The molecule has 0 aliphatic heterocycles. The summed E-state index contributed by atoms with van der Waals surface area (Å²) in [6.07, 6.45) is 3.20. The van der Waals surface area contributed by atoms with Crippen LogP contribution in [0.15, 0.2) is 30.6 Å². The highest BCUT2D eigenvalue weighted by Crippen LogP contribution is 2.18. The van der Waals surface area contributed by atoms with E-state index in [0.29, 0.717) is 16.4 Å². The first-order chi connectivity index (χ1) is 6.75. The van der Waals surface area contributed by atoms with Gasteiger partial charge in [-0.2, -0.15) is 0 Å². The van der Waals surface area contributed by atoms with Crippen molar-refractivity contribution >= 4 is 23.2 Å². The number of aromatic nitrogens is 3. The van der Waals surface area contributed by atoms with Crippen LogP contribution in [0.25, 0.3) is 11.4 Å². The highest BCUT2D eigenvalue weighted by atomic mass is 35.5. The van der Waals surface area contributed by atoms with Gasteiger partial charge in [-0.25, -0.2) is 9.97 Å². The molecule has 0 unspecified atom stereocenters. The van der Waals surface area contributed by atoms with Gasteiger partial charge in [0, 0.05) is 17.4 Å². The minimum absolute atomic E-state index is 0.198. The van der Waals surface area contributed by atoms with Crippen LogP contribution < -0.4 is 0 Å². The summed E-state index contributed by atoms with van der Waals surface area (Å²) in [7, 11) is 0. The van der Waals surface area contributed by atoms with Crippen molar-refractivity contribution < 1.29 is 0 Å². The van der Waals surface area contributed by atoms with Gasteiger partial charge in [0.25, 0.3) is 0 Å². The summed E-state index contributed by atoms with van der Waals surface area (Å²) in [5.74, 6) is 0. The monoisotopic (exact) mass is 225 g/mol. The molecule has 0 radical (unpaired) electrons. The van der Waals surface area contributed by atoms with E-state index in [-0.39, 0.29) is 5.28 Å². The third kappa shape index (κ3) is 2.00. The van der Waals surface area contributed by atoms with Gasteiger partial charge in [-0.3, -0.25) is 4.98 Å². The molecule has 0 aromatic carbocycles. The Morgan fingerprint density at radius 1 is 0.929 bits per heavy atom. The zero-order chi connectivity index (χ0) is 9.97. The fourth-order valence-corrected chi connectivity index (χ4v) is 1.33. The maximum Gasteiger partial charge on any atom is 0.222 e. The van der Waals surface area contributed by atoms with Gasteiger partial charge in [-0.1, -0.05) is 11.6 Å². The van der Waals surface area contributed by atoms with E-state index < -0.39 is 0 Å². The van der Waals surface area contributed by atoms with Crippen molar-refractivity contribution in [2.24, 2.45) is 0 Å². The van der Waals surface area contributed by atoms with Crippen LogP contribution in [0.2, 0.25) is 10.3 Å². The second kappa shape index (κ2) is 3.90. The summed E-state index contributed by atoms with van der Waals surface area (Å²) in [5.41, 5.74) is 1.34. The fraction of sp³-hybridized carbons (Fsp3) is 0.